The molecule has 1 atom stereocenters. The van der Waals surface area contributed by atoms with Crippen molar-refractivity contribution in [2.24, 2.45) is 0 Å². The first-order chi connectivity index (χ1) is 6.33. The summed E-state index contributed by atoms with van der Waals surface area (Å²) in [4.78, 5) is 4.44. The summed E-state index contributed by atoms with van der Waals surface area (Å²) in [5.74, 6) is 2.52. The van der Waals surface area contributed by atoms with Crippen molar-refractivity contribution in [3.63, 3.8) is 0 Å². The lowest BCUT2D eigenvalue weighted by Gasteiger charge is -2.13. The first kappa shape index (κ1) is 7.56. The number of oxazole rings is 1. The van der Waals surface area contributed by atoms with Gasteiger partial charge in [0.2, 0.25) is 0 Å². The van der Waals surface area contributed by atoms with Crippen LogP contribution in [-0.2, 0) is 12.8 Å². The highest BCUT2D eigenvalue weighted by molar-refractivity contribution is 5.17. The van der Waals surface area contributed by atoms with Crippen molar-refractivity contribution in [3.8, 4) is 0 Å². The van der Waals surface area contributed by atoms with Crippen LogP contribution in [0.1, 0.15) is 42.5 Å². The van der Waals surface area contributed by atoms with E-state index < -0.39 is 0 Å². The normalized spacial score (nSPS) is 27.3. The van der Waals surface area contributed by atoms with E-state index in [0.29, 0.717) is 12.3 Å². The monoisotopic (exact) mass is 179 g/mol. The van der Waals surface area contributed by atoms with Crippen LogP contribution in [0.4, 0.5) is 0 Å². The minimum atomic E-state index is -0.204. The van der Waals surface area contributed by atoms with Crippen LogP contribution in [0.5, 0.6) is 0 Å². The molecule has 1 heterocycles. The third-order valence-corrected chi connectivity index (χ3v) is 2.85. The number of fused-ring (bicyclic) bond motifs is 1. The van der Waals surface area contributed by atoms with Gasteiger partial charge < -0.3 is 9.52 Å². The van der Waals surface area contributed by atoms with Gasteiger partial charge in [0.1, 0.15) is 5.76 Å². The molecule has 0 bridgehead atoms. The lowest BCUT2D eigenvalue weighted by atomic mass is 9.99. The van der Waals surface area contributed by atoms with Crippen molar-refractivity contribution in [2.75, 3.05) is 0 Å². The lowest BCUT2D eigenvalue weighted by molar-refractivity contribution is 0.153. The highest BCUT2D eigenvalue weighted by atomic mass is 16.4. The van der Waals surface area contributed by atoms with Gasteiger partial charge in [0.05, 0.1) is 11.8 Å². The Bertz CT molecular complexity index is 328. The third kappa shape index (κ3) is 1.27. The topological polar surface area (TPSA) is 46.3 Å². The molecule has 0 radical (unpaired) electrons. The molecule has 13 heavy (non-hydrogen) atoms. The van der Waals surface area contributed by atoms with Gasteiger partial charge in [-0.05, 0) is 19.3 Å². The summed E-state index contributed by atoms with van der Waals surface area (Å²) >= 11 is 0. The number of hydrogen-bond acceptors (Lipinski definition) is 3. The molecule has 0 amide bonds. The highest BCUT2D eigenvalue weighted by Gasteiger charge is 2.31. The van der Waals surface area contributed by atoms with Crippen molar-refractivity contribution in [3.05, 3.63) is 17.3 Å². The molecule has 2 aliphatic carbocycles. The molecule has 1 saturated carbocycles. The van der Waals surface area contributed by atoms with Crippen LogP contribution in [0.15, 0.2) is 4.42 Å². The summed E-state index contributed by atoms with van der Waals surface area (Å²) in [5.41, 5.74) is 1.00. The minimum absolute atomic E-state index is 0.204. The molecule has 0 aromatic carbocycles. The molecule has 3 heteroatoms. The van der Waals surface area contributed by atoms with Gasteiger partial charge in [-0.1, -0.05) is 0 Å². The van der Waals surface area contributed by atoms with Crippen LogP contribution in [0.2, 0.25) is 0 Å². The lowest BCUT2D eigenvalue weighted by Crippen LogP contribution is -2.17. The van der Waals surface area contributed by atoms with E-state index in [4.69, 9.17) is 4.42 Å². The molecule has 2 aliphatic rings. The molecule has 1 N–H and O–H groups in total. The summed E-state index contributed by atoms with van der Waals surface area (Å²) in [7, 11) is 0. The molecule has 0 aliphatic heterocycles. The van der Waals surface area contributed by atoms with Crippen LogP contribution >= 0.6 is 0 Å². The second-order valence-corrected chi connectivity index (χ2v) is 4.09. The number of aromatic nitrogens is 1. The molecule has 1 fully saturated rings. The number of hydrogen-bond donors (Lipinski definition) is 1. The van der Waals surface area contributed by atoms with Crippen molar-refractivity contribution in [2.45, 2.75) is 44.1 Å². The molecule has 0 saturated heterocycles. The van der Waals surface area contributed by atoms with Crippen LogP contribution in [0.25, 0.3) is 0 Å². The van der Waals surface area contributed by atoms with Crippen molar-refractivity contribution < 1.29 is 9.52 Å². The van der Waals surface area contributed by atoms with Gasteiger partial charge >= 0.3 is 0 Å². The highest BCUT2D eigenvalue weighted by Crippen LogP contribution is 2.40. The van der Waals surface area contributed by atoms with Crippen LogP contribution in [0.3, 0.4) is 0 Å². The van der Waals surface area contributed by atoms with E-state index in [2.05, 4.69) is 4.98 Å². The van der Waals surface area contributed by atoms with Gasteiger partial charge in [-0.15, -0.1) is 0 Å². The first-order valence-electron chi connectivity index (χ1n) is 4.99. The Labute approximate surface area is 76.8 Å². The fraction of sp³-hybridized carbons (Fsp3) is 0.700. The Balaban J connectivity index is 1.93. The zero-order valence-electron chi connectivity index (χ0n) is 7.49. The summed E-state index contributed by atoms with van der Waals surface area (Å²) < 4.78 is 5.66. The van der Waals surface area contributed by atoms with Gasteiger partial charge in [0.25, 0.3) is 0 Å². The molecule has 0 spiro atoms. The van der Waals surface area contributed by atoms with Gasteiger partial charge in [-0.2, -0.15) is 0 Å². The van der Waals surface area contributed by atoms with Crippen LogP contribution in [0, 0.1) is 0 Å². The maximum atomic E-state index is 9.44. The van der Waals surface area contributed by atoms with Gasteiger partial charge in [0, 0.05) is 18.8 Å². The summed E-state index contributed by atoms with van der Waals surface area (Å²) in [6.07, 6.45) is 4.61. The van der Waals surface area contributed by atoms with E-state index in [0.717, 1.165) is 30.2 Å². The molecule has 1 unspecified atom stereocenters. The summed E-state index contributed by atoms with van der Waals surface area (Å²) in [6, 6.07) is 0. The fourth-order valence-electron chi connectivity index (χ4n) is 1.89. The Morgan fingerprint density at radius 1 is 1.31 bits per heavy atom. The van der Waals surface area contributed by atoms with E-state index >= 15 is 0 Å². The molecule has 1 aromatic rings. The number of aliphatic hydroxyl groups excluding tert-OH is 1. The predicted octanol–water partition coefficient (Wildman–Crippen LogP) is 1.40. The van der Waals surface area contributed by atoms with E-state index in [9.17, 15) is 5.11 Å². The molecule has 3 nitrogen and oxygen atoms in total. The quantitative estimate of drug-likeness (QED) is 0.708. The number of aliphatic hydroxyl groups is 1. The minimum Gasteiger partial charge on any atom is -0.445 e. The summed E-state index contributed by atoms with van der Waals surface area (Å²) in [6.45, 7) is 0. The smallest absolute Gasteiger partial charge is 0.197 e. The largest absolute Gasteiger partial charge is 0.445 e. The number of rotatable bonds is 1. The molecular weight excluding hydrogens is 166 g/mol. The van der Waals surface area contributed by atoms with Gasteiger partial charge in [0.15, 0.2) is 5.89 Å². The van der Waals surface area contributed by atoms with Crippen molar-refractivity contribution >= 4 is 0 Å². The SMILES string of the molecule is OC1CCc2oc(C3CC3)nc2C1. The molecule has 1 aromatic heterocycles. The fourth-order valence-corrected chi connectivity index (χ4v) is 1.89. The number of nitrogens with zero attached hydrogens (tertiary/aromatic N) is 1. The Morgan fingerprint density at radius 3 is 2.92 bits per heavy atom. The standard InChI is InChI=1S/C10H13NO2/c12-7-3-4-9-8(5-7)11-10(13-9)6-1-2-6/h6-7,12H,1-5H2. The van der Waals surface area contributed by atoms with Gasteiger partial charge in [-0.25, -0.2) is 4.98 Å². The predicted molar refractivity (Wildman–Crippen MR) is 46.5 cm³/mol. The van der Waals surface area contributed by atoms with Crippen molar-refractivity contribution in [1.29, 1.82) is 0 Å². The van der Waals surface area contributed by atoms with E-state index in [-0.39, 0.29) is 6.10 Å². The molecule has 70 valence electrons. The third-order valence-electron chi connectivity index (χ3n) is 2.85. The van der Waals surface area contributed by atoms with E-state index in [1.165, 1.54) is 12.8 Å². The Kier molecular flexibility index (Phi) is 1.50. The maximum Gasteiger partial charge on any atom is 0.197 e. The average molecular weight is 179 g/mol. The van der Waals surface area contributed by atoms with Crippen LogP contribution < -0.4 is 0 Å². The van der Waals surface area contributed by atoms with Gasteiger partial charge in [-0.3, -0.25) is 0 Å². The van der Waals surface area contributed by atoms with Crippen molar-refractivity contribution in [1.82, 2.24) is 4.98 Å². The van der Waals surface area contributed by atoms with Crippen LogP contribution in [-0.4, -0.2) is 16.2 Å². The van der Waals surface area contributed by atoms with E-state index in [1.807, 2.05) is 0 Å². The second-order valence-electron chi connectivity index (χ2n) is 4.09. The zero-order valence-corrected chi connectivity index (χ0v) is 7.49. The number of aryl methyl sites for hydroxylation is 1. The molecular formula is C10H13NO2. The Morgan fingerprint density at radius 2 is 2.15 bits per heavy atom. The molecule has 3 rings (SSSR count). The van der Waals surface area contributed by atoms with E-state index in [1.54, 1.807) is 0 Å². The maximum absolute atomic E-state index is 9.44. The summed E-state index contributed by atoms with van der Waals surface area (Å²) in [5, 5.41) is 9.44. The first-order valence-corrected chi connectivity index (χ1v) is 4.99. The zero-order chi connectivity index (χ0) is 8.84. The average Bonchev–Trinajstić information content (AvgIpc) is 2.87. The second kappa shape index (κ2) is 2.58. The Hall–Kier alpha value is -0.830.